The number of alkyl halides is 3. The summed E-state index contributed by atoms with van der Waals surface area (Å²) in [6, 6.07) is 15.7. The standard InChI is InChI=1S/C24H27F3N2O2/c1-16(17-6-3-2-4-7-17)10-11-29-14-21-20(22(21)15-29)13-28-23(30)18-8-5-9-19(12-18)31-24(25,26)27/h2-9,12,16,20-22H,10-11,13-15H2,1H3,(H,28,30). The number of hydrogen-bond donors (Lipinski definition) is 1. The van der Waals surface area contributed by atoms with E-state index in [1.54, 1.807) is 0 Å². The Morgan fingerprint density at radius 1 is 1.13 bits per heavy atom. The Morgan fingerprint density at radius 2 is 1.84 bits per heavy atom. The molecule has 0 spiro atoms. The van der Waals surface area contributed by atoms with Crippen LogP contribution in [0.5, 0.6) is 5.75 Å². The van der Waals surface area contributed by atoms with Gasteiger partial charge in [-0.05, 0) is 60.4 Å². The maximum Gasteiger partial charge on any atom is 0.573 e. The van der Waals surface area contributed by atoms with Gasteiger partial charge >= 0.3 is 6.36 Å². The van der Waals surface area contributed by atoms with Crippen molar-refractivity contribution in [3.63, 3.8) is 0 Å². The van der Waals surface area contributed by atoms with Crippen molar-refractivity contribution in [1.29, 1.82) is 0 Å². The fourth-order valence-corrected chi connectivity index (χ4v) is 4.69. The molecule has 3 unspecified atom stereocenters. The lowest BCUT2D eigenvalue weighted by Crippen LogP contribution is -2.31. The molecule has 1 saturated carbocycles. The van der Waals surface area contributed by atoms with Crippen LogP contribution in [0.15, 0.2) is 54.6 Å². The highest BCUT2D eigenvalue weighted by Gasteiger charge is 2.54. The number of hydrogen-bond acceptors (Lipinski definition) is 3. The van der Waals surface area contributed by atoms with E-state index in [0.717, 1.165) is 32.1 Å². The molecule has 166 valence electrons. The van der Waals surface area contributed by atoms with Crippen LogP contribution >= 0.6 is 0 Å². The van der Waals surface area contributed by atoms with Gasteiger partial charge in [0.05, 0.1) is 0 Å². The van der Waals surface area contributed by atoms with Gasteiger partial charge in [-0.2, -0.15) is 0 Å². The van der Waals surface area contributed by atoms with Crippen LogP contribution in [0.2, 0.25) is 0 Å². The fourth-order valence-electron chi connectivity index (χ4n) is 4.69. The number of carbonyl (C=O) groups is 1. The number of likely N-dealkylation sites (tertiary alicyclic amines) is 1. The summed E-state index contributed by atoms with van der Waals surface area (Å²) in [6.07, 6.45) is -3.65. The molecule has 7 heteroatoms. The van der Waals surface area contributed by atoms with Crippen molar-refractivity contribution in [2.75, 3.05) is 26.2 Å². The number of halogens is 3. The van der Waals surface area contributed by atoms with E-state index in [9.17, 15) is 18.0 Å². The molecule has 1 saturated heterocycles. The normalized spacial score (nSPS) is 23.8. The Balaban J connectivity index is 1.18. The molecule has 1 N–H and O–H groups in total. The van der Waals surface area contributed by atoms with Gasteiger partial charge in [-0.25, -0.2) is 0 Å². The molecule has 4 rings (SSSR count). The molecule has 2 aliphatic rings. The van der Waals surface area contributed by atoms with Crippen molar-refractivity contribution in [1.82, 2.24) is 10.2 Å². The first-order valence-corrected chi connectivity index (χ1v) is 10.7. The number of amides is 1. The smallest absolute Gasteiger partial charge is 0.406 e. The maximum atomic E-state index is 12.4. The van der Waals surface area contributed by atoms with Gasteiger partial charge in [0, 0.05) is 25.2 Å². The van der Waals surface area contributed by atoms with E-state index in [2.05, 4.69) is 46.1 Å². The van der Waals surface area contributed by atoms with E-state index in [-0.39, 0.29) is 17.2 Å². The molecule has 2 aromatic carbocycles. The topological polar surface area (TPSA) is 41.6 Å². The molecule has 2 fully saturated rings. The summed E-state index contributed by atoms with van der Waals surface area (Å²) in [5.74, 6) is 1.45. The van der Waals surface area contributed by atoms with Gasteiger partial charge < -0.3 is 15.0 Å². The van der Waals surface area contributed by atoms with Crippen LogP contribution in [-0.2, 0) is 0 Å². The third-order valence-electron chi connectivity index (χ3n) is 6.52. The van der Waals surface area contributed by atoms with E-state index in [0.29, 0.717) is 30.2 Å². The molecule has 31 heavy (non-hydrogen) atoms. The minimum absolute atomic E-state index is 0.170. The second-order valence-corrected chi connectivity index (χ2v) is 8.64. The third kappa shape index (κ3) is 5.58. The average molecular weight is 432 g/mol. The Hall–Kier alpha value is -2.54. The number of rotatable bonds is 8. The van der Waals surface area contributed by atoms with Gasteiger partial charge in [-0.15, -0.1) is 13.2 Å². The second kappa shape index (κ2) is 8.91. The van der Waals surface area contributed by atoms with E-state index >= 15 is 0 Å². The summed E-state index contributed by atoms with van der Waals surface area (Å²) in [5.41, 5.74) is 1.54. The molecule has 2 aromatic rings. The lowest BCUT2D eigenvalue weighted by atomic mass is 9.98. The number of piperidine rings is 1. The van der Waals surface area contributed by atoms with E-state index in [1.165, 1.54) is 23.8 Å². The molecule has 4 nitrogen and oxygen atoms in total. The third-order valence-corrected chi connectivity index (χ3v) is 6.52. The first-order valence-electron chi connectivity index (χ1n) is 10.7. The molecule has 1 heterocycles. The van der Waals surface area contributed by atoms with Crippen LogP contribution in [0.3, 0.4) is 0 Å². The molecule has 3 atom stereocenters. The van der Waals surface area contributed by atoms with Gasteiger partial charge in [-0.1, -0.05) is 43.3 Å². The Labute approximate surface area is 180 Å². The van der Waals surface area contributed by atoms with Crippen LogP contribution in [-0.4, -0.2) is 43.3 Å². The van der Waals surface area contributed by atoms with Gasteiger partial charge in [0.2, 0.25) is 0 Å². The summed E-state index contributed by atoms with van der Waals surface area (Å²) < 4.78 is 41.0. The highest BCUT2D eigenvalue weighted by Crippen LogP contribution is 2.51. The molecule has 1 amide bonds. The minimum atomic E-state index is -4.77. The SMILES string of the molecule is CC(CCN1CC2C(CNC(=O)c3cccc(OC(F)(F)F)c3)C2C1)c1ccccc1. The van der Waals surface area contributed by atoms with Crippen LogP contribution in [0.4, 0.5) is 13.2 Å². The van der Waals surface area contributed by atoms with Crippen LogP contribution in [0, 0.1) is 17.8 Å². The van der Waals surface area contributed by atoms with Gasteiger partial charge in [0.15, 0.2) is 0 Å². The van der Waals surface area contributed by atoms with E-state index < -0.39 is 6.36 Å². The predicted octanol–water partition coefficient (Wildman–Crippen LogP) is 4.69. The number of nitrogens with one attached hydrogen (secondary N) is 1. The molecule has 1 aliphatic carbocycles. The van der Waals surface area contributed by atoms with Gasteiger partial charge in [0.25, 0.3) is 5.91 Å². The molecule has 1 aliphatic heterocycles. The summed E-state index contributed by atoms with van der Waals surface area (Å²) in [5, 5.41) is 2.87. The Kier molecular flexibility index (Phi) is 6.23. The summed E-state index contributed by atoms with van der Waals surface area (Å²) in [6.45, 7) is 6.02. The van der Waals surface area contributed by atoms with Crippen LogP contribution in [0.1, 0.15) is 35.2 Å². The van der Waals surface area contributed by atoms with Crippen molar-refractivity contribution in [2.24, 2.45) is 17.8 Å². The number of ether oxygens (including phenoxy) is 1. The van der Waals surface area contributed by atoms with Crippen molar-refractivity contribution in [3.8, 4) is 5.75 Å². The van der Waals surface area contributed by atoms with Crippen LogP contribution < -0.4 is 10.1 Å². The minimum Gasteiger partial charge on any atom is -0.406 e. The molecular formula is C24H27F3N2O2. The lowest BCUT2D eigenvalue weighted by molar-refractivity contribution is -0.274. The summed E-state index contributed by atoms with van der Waals surface area (Å²) in [7, 11) is 0. The maximum absolute atomic E-state index is 12.4. The van der Waals surface area contributed by atoms with Crippen LogP contribution in [0.25, 0.3) is 0 Å². The van der Waals surface area contributed by atoms with E-state index in [4.69, 9.17) is 0 Å². The zero-order valence-corrected chi connectivity index (χ0v) is 17.4. The Morgan fingerprint density at radius 3 is 2.52 bits per heavy atom. The highest BCUT2D eigenvalue weighted by atomic mass is 19.4. The van der Waals surface area contributed by atoms with Crippen molar-refractivity contribution >= 4 is 5.91 Å². The molecule has 0 bridgehead atoms. The van der Waals surface area contributed by atoms with Gasteiger partial charge in [0.1, 0.15) is 5.75 Å². The number of nitrogens with zero attached hydrogens (tertiary/aromatic N) is 1. The first kappa shape index (κ1) is 21.7. The Bertz CT molecular complexity index is 891. The second-order valence-electron chi connectivity index (χ2n) is 8.64. The lowest BCUT2D eigenvalue weighted by Gasteiger charge is -2.22. The monoisotopic (exact) mass is 432 g/mol. The average Bonchev–Trinajstić information content (AvgIpc) is 3.19. The van der Waals surface area contributed by atoms with Crippen molar-refractivity contribution in [3.05, 3.63) is 65.7 Å². The first-order chi connectivity index (χ1) is 14.8. The molecule has 0 radical (unpaired) electrons. The predicted molar refractivity (Wildman–Crippen MR) is 112 cm³/mol. The number of benzene rings is 2. The van der Waals surface area contributed by atoms with Crippen molar-refractivity contribution < 1.29 is 22.7 Å². The quantitative estimate of drug-likeness (QED) is 0.658. The molecular weight excluding hydrogens is 405 g/mol. The summed E-state index contributed by atoms with van der Waals surface area (Å²) >= 11 is 0. The van der Waals surface area contributed by atoms with E-state index in [1.807, 2.05) is 6.07 Å². The number of carbonyl (C=O) groups excluding carboxylic acids is 1. The van der Waals surface area contributed by atoms with Crippen molar-refractivity contribution in [2.45, 2.75) is 25.6 Å². The zero-order chi connectivity index (χ0) is 22.0. The largest absolute Gasteiger partial charge is 0.573 e. The molecule has 0 aromatic heterocycles. The fraction of sp³-hybridized carbons (Fsp3) is 0.458. The summed E-state index contributed by atoms with van der Waals surface area (Å²) in [4.78, 5) is 14.8. The number of fused-ring (bicyclic) bond motifs is 1. The zero-order valence-electron chi connectivity index (χ0n) is 17.4. The van der Waals surface area contributed by atoms with Gasteiger partial charge in [-0.3, -0.25) is 4.79 Å². The highest BCUT2D eigenvalue weighted by molar-refractivity contribution is 5.94.